The standard InChI is InChI=1S/C40H62O15/c1-17-11-26(53-36(50)22(17)14-41)18(2)23-7-8-24-21-6-5-19-12-20(13-29(43)40(19,4)25(21)9-10-39(23,24)3)52-38-35(49)33(47)31(45)28(55-38)16-51-37-34(48)32(46)30(44)27(15-42)54-37/h5,18,20-21,23-35,37-38,41-49H,6-16H2,1-4H3. The third kappa shape index (κ3) is 7.06. The lowest BCUT2D eigenvalue weighted by molar-refractivity contribution is -0.337. The molecule has 7 rings (SSSR count). The van der Waals surface area contributed by atoms with Crippen LogP contribution in [-0.4, -0.2) is 151 Å². The Balaban J connectivity index is 1.00. The predicted octanol–water partition coefficient (Wildman–Crippen LogP) is -0.194. The maximum atomic E-state index is 12.7. The van der Waals surface area contributed by atoms with Gasteiger partial charge in [0.05, 0.1) is 37.6 Å². The van der Waals surface area contributed by atoms with Gasteiger partial charge in [-0.15, -0.1) is 0 Å². The molecule has 15 nitrogen and oxygen atoms in total. The van der Waals surface area contributed by atoms with E-state index in [-0.39, 0.29) is 36.4 Å². The molecule has 3 heterocycles. The van der Waals surface area contributed by atoms with Gasteiger partial charge in [0, 0.05) is 18.3 Å². The Hall–Kier alpha value is -1.57. The van der Waals surface area contributed by atoms with E-state index in [0.717, 1.165) is 43.3 Å². The highest BCUT2D eigenvalue weighted by Crippen LogP contribution is 2.67. The summed E-state index contributed by atoms with van der Waals surface area (Å²) >= 11 is 0. The van der Waals surface area contributed by atoms with Crippen molar-refractivity contribution in [1.29, 1.82) is 0 Å². The Morgan fingerprint density at radius 2 is 1.53 bits per heavy atom. The van der Waals surface area contributed by atoms with E-state index in [9.17, 15) is 50.8 Å². The van der Waals surface area contributed by atoms with Crippen molar-refractivity contribution in [2.24, 2.45) is 40.4 Å². The number of aliphatic hydroxyl groups is 9. The van der Waals surface area contributed by atoms with Gasteiger partial charge in [0.25, 0.3) is 0 Å². The highest BCUT2D eigenvalue weighted by Gasteiger charge is 2.62. The van der Waals surface area contributed by atoms with E-state index < -0.39 is 98.2 Å². The van der Waals surface area contributed by atoms with Crippen LogP contribution in [0.5, 0.6) is 0 Å². The number of carbonyl (C=O) groups excluding carboxylic acids is 1. The molecule has 0 aromatic carbocycles. The van der Waals surface area contributed by atoms with Gasteiger partial charge in [0.15, 0.2) is 12.6 Å². The highest BCUT2D eigenvalue weighted by atomic mass is 16.7. The zero-order valence-corrected chi connectivity index (χ0v) is 32.2. The highest BCUT2D eigenvalue weighted by molar-refractivity contribution is 5.90. The second-order valence-electron chi connectivity index (χ2n) is 18.0. The first-order chi connectivity index (χ1) is 26.0. The van der Waals surface area contributed by atoms with Gasteiger partial charge in [0.2, 0.25) is 0 Å². The molecule has 3 aliphatic heterocycles. The normalized spacial score (nSPS) is 50.7. The van der Waals surface area contributed by atoms with Gasteiger partial charge >= 0.3 is 5.97 Å². The Labute approximate surface area is 321 Å². The largest absolute Gasteiger partial charge is 0.458 e. The second-order valence-corrected chi connectivity index (χ2v) is 18.0. The number of ether oxygens (including phenoxy) is 5. The van der Waals surface area contributed by atoms with Crippen LogP contribution in [0.3, 0.4) is 0 Å². The Bertz CT molecular complexity index is 1470. The van der Waals surface area contributed by atoms with Gasteiger partial charge in [0.1, 0.15) is 54.9 Å². The van der Waals surface area contributed by atoms with E-state index >= 15 is 0 Å². The molecular formula is C40H62O15. The van der Waals surface area contributed by atoms with E-state index in [0.29, 0.717) is 36.2 Å². The van der Waals surface area contributed by atoms with Gasteiger partial charge in [-0.2, -0.15) is 0 Å². The molecule has 0 bridgehead atoms. The second kappa shape index (κ2) is 15.9. The fraction of sp³-hybridized carbons (Fsp3) is 0.875. The third-order valence-electron chi connectivity index (χ3n) is 15.4. The summed E-state index contributed by atoms with van der Waals surface area (Å²) in [6, 6.07) is 0. The third-order valence-corrected chi connectivity index (χ3v) is 15.4. The molecule has 7 aliphatic rings. The summed E-state index contributed by atoms with van der Waals surface area (Å²) in [7, 11) is 0. The van der Waals surface area contributed by atoms with Crippen LogP contribution in [0, 0.1) is 40.4 Å². The van der Waals surface area contributed by atoms with E-state index in [1.54, 1.807) is 0 Å². The lowest BCUT2D eigenvalue weighted by Gasteiger charge is -2.60. The summed E-state index contributed by atoms with van der Waals surface area (Å²) in [5, 5.41) is 94.0. The monoisotopic (exact) mass is 782 g/mol. The number of esters is 1. The maximum Gasteiger partial charge on any atom is 0.336 e. The summed E-state index contributed by atoms with van der Waals surface area (Å²) < 4.78 is 29.0. The summed E-state index contributed by atoms with van der Waals surface area (Å²) in [5.74, 6) is 1.26. The average molecular weight is 783 g/mol. The Morgan fingerprint density at radius 3 is 2.20 bits per heavy atom. The number of rotatable bonds is 9. The number of cyclic esters (lactones) is 1. The molecule has 0 aromatic heterocycles. The van der Waals surface area contributed by atoms with Crippen LogP contribution in [0.25, 0.3) is 0 Å². The predicted molar refractivity (Wildman–Crippen MR) is 191 cm³/mol. The summed E-state index contributed by atoms with van der Waals surface area (Å²) in [6.07, 6.45) is -8.00. The average Bonchev–Trinajstić information content (AvgIpc) is 3.51. The Morgan fingerprint density at radius 1 is 0.855 bits per heavy atom. The van der Waals surface area contributed by atoms with Crippen molar-refractivity contribution >= 4 is 5.97 Å². The zero-order chi connectivity index (χ0) is 39.7. The molecule has 20 atom stereocenters. The van der Waals surface area contributed by atoms with Crippen molar-refractivity contribution in [3.8, 4) is 0 Å². The topological polar surface area (TPSA) is 245 Å². The molecule has 5 fully saturated rings. The molecule has 2 saturated heterocycles. The molecule has 15 heteroatoms. The van der Waals surface area contributed by atoms with Crippen LogP contribution in [0.1, 0.15) is 79.1 Å². The lowest BCUT2D eigenvalue weighted by atomic mass is 9.46. The van der Waals surface area contributed by atoms with Crippen molar-refractivity contribution in [3.63, 3.8) is 0 Å². The van der Waals surface area contributed by atoms with Crippen LogP contribution in [0.2, 0.25) is 0 Å². The molecule has 0 radical (unpaired) electrons. The lowest BCUT2D eigenvalue weighted by Crippen LogP contribution is -2.62. The summed E-state index contributed by atoms with van der Waals surface area (Å²) in [6.45, 7) is 7.30. The molecule has 0 amide bonds. The van der Waals surface area contributed by atoms with Crippen molar-refractivity contribution < 1.29 is 74.4 Å². The van der Waals surface area contributed by atoms with Crippen LogP contribution in [0.15, 0.2) is 22.8 Å². The smallest absolute Gasteiger partial charge is 0.336 e. The van der Waals surface area contributed by atoms with Gasteiger partial charge < -0.3 is 69.6 Å². The SMILES string of the molecule is CC1=C(CO)C(=O)OC(C(C)C2CCC3C4CC=C5CC(OC6OC(COC7OC(CO)C(O)C(O)C7O)C(O)C(O)C6O)CC(O)C5(C)C4CCC23C)C1. The quantitative estimate of drug-likeness (QED) is 0.109. The number of fused-ring (bicyclic) bond motifs is 5. The maximum absolute atomic E-state index is 12.7. The first-order valence-corrected chi connectivity index (χ1v) is 20.2. The van der Waals surface area contributed by atoms with Gasteiger partial charge in [-0.1, -0.05) is 38.0 Å². The minimum atomic E-state index is -1.68. The van der Waals surface area contributed by atoms with E-state index in [4.69, 9.17) is 23.7 Å². The van der Waals surface area contributed by atoms with Gasteiger partial charge in [-0.05, 0) is 80.5 Å². The van der Waals surface area contributed by atoms with Crippen LogP contribution in [0.4, 0.5) is 0 Å². The first kappa shape index (κ1) is 41.6. The van der Waals surface area contributed by atoms with Crippen LogP contribution < -0.4 is 0 Å². The van der Waals surface area contributed by atoms with E-state index in [1.165, 1.54) is 0 Å². The van der Waals surface area contributed by atoms with Gasteiger partial charge in [-0.25, -0.2) is 4.79 Å². The van der Waals surface area contributed by atoms with E-state index in [2.05, 4.69) is 26.8 Å². The summed E-state index contributed by atoms with van der Waals surface area (Å²) in [4.78, 5) is 12.7. The molecular weight excluding hydrogens is 720 g/mol. The zero-order valence-electron chi connectivity index (χ0n) is 32.2. The van der Waals surface area contributed by atoms with Crippen molar-refractivity contribution in [2.75, 3.05) is 19.8 Å². The Kier molecular flexibility index (Phi) is 12.0. The van der Waals surface area contributed by atoms with Crippen molar-refractivity contribution in [2.45, 2.75) is 159 Å². The fourth-order valence-electron chi connectivity index (χ4n) is 12.0. The van der Waals surface area contributed by atoms with Crippen molar-refractivity contribution in [3.05, 3.63) is 22.8 Å². The number of hydrogen-bond donors (Lipinski definition) is 9. The molecule has 4 aliphatic carbocycles. The number of carbonyl (C=O) groups is 1. The number of allylic oxidation sites excluding steroid dienone is 1. The van der Waals surface area contributed by atoms with Crippen molar-refractivity contribution in [1.82, 2.24) is 0 Å². The molecule has 312 valence electrons. The summed E-state index contributed by atoms with van der Waals surface area (Å²) in [5.41, 5.74) is 1.98. The fourth-order valence-corrected chi connectivity index (χ4v) is 12.0. The molecule has 3 saturated carbocycles. The minimum Gasteiger partial charge on any atom is -0.458 e. The molecule has 0 spiro atoms. The number of hydrogen-bond acceptors (Lipinski definition) is 15. The van der Waals surface area contributed by atoms with E-state index in [1.807, 2.05) is 6.92 Å². The molecule has 20 unspecified atom stereocenters. The first-order valence-electron chi connectivity index (χ1n) is 20.2. The van der Waals surface area contributed by atoms with Gasteiger partial charge in [-0.3, -0.25) is 0 Å². The minimum absolute atomic E-state index is 0.0672. The molecule has 0 aromatic rings. The molecule has 55 heavy (non-hydrogen) atoms. The van der Waals surface area contributed by atoms with Crippen LogP contribution in [-0.2, 0) is 28.5 Å². The van der Waals surface area contributed by atoms with Crippen LogP contribution >= 0.6 is 0 Å². The molecule has 9 N–H and O–H groups in total. The number of aliphatic hydroxyl groups excluding tert-OH is 9.